The first kappa shape index (κ1) is 10.3. The van der Waals surface area contributed by atoms with Crippen LogP contribution in [0.3, 0.4) is 0 Å². The first-order valence-corrected chi connectivity index (χ1v) is 5.94. The Labute approximate surface area is 91.0 Å². The molecule has 80 valence electrons. The lowest BCUT2D eigenvalue weighted by atomic mass is 9.84. The number of fused-ring (bicyclic) bond motifs is 4. The molecule has 1 saturated carbocycles. The van der Waals surface area contributed by atoms with Crippen molar-refractivity contribution in [1.29, 1.82) is 5.41 Å². The third-order valence-corrected chi connectivity index (χ3v) is 4.18. The van der Waals surface area contributed by atoms with Crippen LogP contribution >= 0.6 is 12.6 Å². The van der Waals surface area contributed by atoms with Gasteiger partial charge in [0.15, 0.2) is 0 Å². The van der Waals surface area contributed by atoms with Crippen molar-refractivity contribution in [3.8, 4) is 0 Å². The quantitative estimate of drug-likeness (QED) is 0.368. The van der Waals surface area contributed by atoms with Crippen LogP contribution in [-0.2, 0) is 0 Å². The van der Waals surface area contributed by atoms with Gasteiger partial charge in [0, 0.05) is 13.1 Å². The van der Waals surface area contributed by atoms with Gasteiger partial charge >= 0.3 is 0 Å². The summed E-state index contributed by atoms with van der Waals surface area (Å²) >= 11 is 4.40. The molecule has 0 radical (unpaired) electrons. The summed E-state index contributed by atoms with van der Waals surface area (Å²) < 4.78 is 0. The maximum atomic E-state index is 7.42. The highest BCUT2D eigenvalue weighted by atomic mass is 32.1. The van der Waals surface area contributed by atoms with Gasteiger partial charge in [-0.2, -0.15) is 12.6 Å². The van der Waals surface area contributed by atoms with Crippen LogP contribution in [0, 0.1) is 17.2 Å². The zero-order valence-electron chi connectivity index (χ0n) is 8.45. The van der Waals surface area contributed by atoms with Crippen molar-refractivity contribution in [2.24, 2.45) is 17.6 Å². The maximum absolute atomic E-state index is 7.42. The second-order valence-corrected chi connectivity index (χ2v) is 5.16. The molecule has 14 heavy (non-hydrogen) atoms. The summed E-state index contributed by atoms with van der Waals surface area (Å²) in [6, 6.07) is 0. The Balaban J connectivity index is 2.03. The van der Waals surface area contributed by atoms with E-state index >= 15 is 0 Å². The lowest BCUT2D eigenvalue weighted by molar-refractivity contribution is 0.269. The minimum absolute atomic E-state index is 0.156. The van der Waals surface area contributed by atoms with Crippen molar-refractivity contribution >= 4 is 18.5 Å². The molecule has 0 spiro atoms. The van der Waals surface area contributed by atoms with E-state index in [1.165, 1.54) is 25.7 Å². The fraction of sp³-hybridized carbons (Fsp3) is 0.900. The predicted octanol–water partition coefficient (Wildman–Crippen LogP) is 1.30. The third-order valence-electron chi connectivity index (χ3n) is 3.58. The molecule has 3 nitrogen and oxygen atoms in total. The van der Waals surface area contributed by atoms with E-state index in [0.717, 1.165) is 24.9 Å². The lowest BCUT2D eigenvalue weighted by Gasteiger charge is -2.27. The number of hydrogen-bond donors (Lipinski definition) is 3. The van der Waals surface area contributed by atoms with Crippen molar-refractivity contribution in [3.05, 3.63) is 0 Å². The highest BCUT2D eigenvalue weighted by Crippen LogP contribution is 2.34. The van der Waals surface area contributed by atoms with E-state index in [1.807, 2.05) is 0 Å². The summed E-state index contributed by atoms with van der Waals surface area (Å²) in [6.07, 6.45) is 5.44. The fourth-order valence-corrected chi connectivity index (χ4v) is 2.92. The first-order valence-electron chi connectivity index (χ1n) is 5.43. The summed E-state index contributed by atoms with van der Waals surface area (Å²) in [5, 5.41) is 7.26. The van der Waals surface area contributed by atoms with E-state index in [1.54, 1.807) is 0 Å². The maximum Gasteiger partial charge on any atom is 0.119 e. The average molecular weight is 213 g/mol. The third kappa shape index (κ3) is 2.06. The van der Waals surface area contributed by atoms with E-state index in [4.69, 9.17) is 11.1 Å². The van der Waals surface area contributed by atoms with Crippen molar-refractivity contribution in [1.82, 2.24) is 4.90 Å². The zero-order chi connectivity index (χ0) is 10.1. The Morgan fingerprint density at radius 1 is 1.21 bits per heavy atom. The van der Waals surface area contributed by atoms with Crippen molar-refractivity contribution in [3.63, 3.8) is 0 Å². The van der Waals surface area contributed by atoms with Gasteiger partial charge in [-0.3, -0.25) is 10.3 Å². The smallest absolute Gasteiger partial charge is 0.119 e. The molecule has 4 heteroatoms. The van der Waals surface area contributed by atoms with Crippen molar-refractivity contribution in [2.75, 3.05) is 13.1 Å². The minimum atomic E-state index is -0.156. The molecule has 3 rings (SSSR count). The Bertz CT molecular complexity index is 209. The molecule has 3 fully saturated rings. The predicted molar refractivity (Wildman–Crippen MR) is 61.7 cm³/mol. The largest absolute Gasteiger partial charge is 0.386 e. The van der Waals surface area contributed by atoms with Gasteiger partial charge in [-0.05, 0) is 37.5 Å². The van der Waals surface area contributed by atoms with E-state index in [0.29, 0.717) is 0 Å². The molecule has 2 saturated heterocycles. The minimum Gasteiger partial charge on any atom is -0.386 e. The standard InChI is InChI=1S/C10H19N3S/c11-9(12)10(14)13-5-7-1-2-8(6-13)4-3-7/h7-8,10,14H,1-6H2,(H3,11,12). The fourth-order valence-electron chi connectivity index (χ4n) is 2.73. The first-order chi connectivity index (χ1) is 6.66. The second kappa shape index (κ2) is 4.11. The molecule has 0 amide bonds. The monoisotopic (exact) mass is 213 g/mol. The molecule has 0 aromatic rings. The Morgan fingerprint density at radius 3 is 2.00 bits per heavy atom. The van der Waals surface area contributed by atoms with Crippen LogP contribution in [-0.4, -0.2) is 29.2 Å². The molecule has 0 aromatic carbocycles. The van der Waals surface area contributed by atoms with Gasteiger partial charge in [-0.25, -0.2) is 0 Å². The molecule has 2 bridgehead atoms. The van der Waals surface area contributed by atoms with Gasteiger partial charge in [-0.1, -0.05) is 0 Å². The van der Waals surface area contributed by atoms with Crippen LogP contribution in [0.4, 0.5) is 0 Å². The molecular formula is C10H19N3S. The number of hydrogen-bond acceptors (Lipinski definition) is 3. The van der Waals surface area contributed by atoms with Gasteiger partial charge in [0.1, 0.15) is 11.2 Å². The second-order valence-electron chi connectivity index (χ2n) is 4.67. The summed E-state index contributed by atoms with van der Waals surface area (Å²) in [5.41, 5.74) is 5.49. The molecule has 2 aliphatic heterocycles. The molecule has 0 aromatic heterocycles. The lowest BCUT2D eigenvalue weighted by Crippen LogP contribution is -2.42. The number of thiol groups is 1. The SMILES string of the molecule is N=C(N)C(S)N1CC2CCC(CC2)C1. The van der Waals surface area contributed by atoms with Crippen LogP contribution in [0.25, 0.3) is 0 Å². The van der Waals surface area contributed by atoms with E-state index in [9.17, 15) is 0 Å². The van der Waals surface area contributed by atoms with Gasteiger partial charge in [0.25, 0.3) is 0 Å². The molecule has 1 unspecified atom stereocenters. The zero-order valence-corrected chi connectivity index (χ0v) is 9.34. The number of rotatable bonds is 2. The van der Waals surface area contributed by atoms with Gasteiger partial charge in [0.05, 0.1) is 0 Å². The van der Waals surface area contributed by atoms with E-state index in [-0.39, 0.29) is 11.2 Å². The topological polar surface area (TPSA) is 53.1 Å². The van der Waals surface area contributed by atoms with Crippen LogP contribution < -0.4 is 5.73 Å². The molecule has 2 heterocycles. The Hall–Kier alpha value is -0.220. The molecular weight excluding hydrogens is 194 g/mol. The molecule has 3 N–H and O–H groups in total. The highest BCUT2D eigenvalue weighted by molar-refractivity contribution is 7.81. The summed E-state index contributed by atoms with van der Waals surface area (Å²) in [6.45, 7) is 2.18. The molecule has 1 aliphatic carbocycles. The van der Waals surface area contributed by atoms with Gasteiger partial charge in [-0.15, -0.1) is 0 Å². The van der Waals surface area contributed by atoms with Gasteiger partial charge in [0.2, 0.25) is 0 Å². The van der Waals surface area contributed by atoms with Crippen LogP contribution in [0.2, 0.25) is 0 Å². The summed E-state index contributed by atoms with van der Waals surface area (Å²) in [7, 11) is 0. The Kier molecular flexibility index (Phi) is 3.02. The number of nitrogens with zero attached hydrogens (tertiary/aromatic N) is 1. The number of amidine groups is 1. The van der Waals surface area contributed by atoms with Gasteiger partial charge < -0.3 is 5.73 Å². The number of nitrogens with two attached hydrogens (primary N) is 1. The van der Waals surface area contributed by atoms with Crippen LogP contribution in [0.15, 0.2) is 0 Å². The summed E-state index contributed by atoms with van der Waals surface area (Å²) in [4.78, 5) is 2.28. The average Bonchev–Trinajstić information content (AvgIpc) is 2.48. The van der Waals surface area contributed by atoms with Crippen LogP contribution in [0.5, 0.6) is 0 Å². The highest BCUT2D eigenvalue weighted by Gasteiger charge is 2.32. The molecule has 1 atom stereocenters. The molecule has 3 aliphatic rings. The normalized spacial score (nSPS) is 35.2. The Morgan fingerprint density at radius 2 is 1.64 bits per heavy atom. The van der Waals surface area contributed by atoms with E-state index < -0.39 is 0 Å². The number of nitrogens with one attached hydrogen (secondary N) is 1. The van der Waals surface area contributed by atoms with Crippen LogP contribution in [0.1, 0.15) is 25.7 Å². The van der Waals surface area contributed by atoms with E-state index in [2.05, 4.69) is 17.5 Å². The summed E-state index contributed by atoms with van der Waals surface area (Å²) in [5.74, 6) is 1.83. The van der Waals surface area contributed by atoms with Crippen molar-refractivity contribution in [2.45, 2.75) is 31.1 Å². The van der Waals surface area contributed by atoms with Crippen molar-refractivity contribution < 1.29 is 0 Å².